The van der Waals surface area contributed by atoms with E-state index in [2.05, 4.69) is 125 Å². The summed E-state index contributed by atoms with van der Waals surface area (Å²) in [6, 6.07) is 40.2. The molecule has 4 heteroatoms. The molecule has 0 fully saturated rings. The fourth-order valence-electron chi connectivity index (χ4n) is 5.64. The van der Waals surface area contributed by atoms with Crippen molar-refractivity contribution >= 4 is 38.5 Å². The van der Waals surface area contributed by atoms with Crippen molar-refractivity contribution in [2.45, 2.75) is 13.0 Å². The normalized spacial score (nSPS) is 11.5. The predicted octanol–water partition coefficient (Wildman–Crippen LogP) is 8.08. The second kappa shape index (κ2) is 9.34. The van der Waals surface area contributed by atoms with Gasteiger partial charge in [-0.3, -0.25) is 4.79 Å². The Morgan fingerprint density at radius 2 is 1.41 bits per heavy atom. The van der Waals surface area contributed by atoms with E-state index in [-0.39, 0.29) is 6.42 Å². The second-order valence-electron chi connectivity index (χ2n) is 10.1. The van der Waals surface area contributed by atoms with Crippen molar-refractivity contribution < 1.29 is 9.90 Å². The van der Waals surface area contributed by atoms with Gasteiger partial charge >= 0.3 is 5.97 Å². The van der Waals surface area contributed by atoms with Crippen LogP contribution < -0.4 is 0 Å². The molecule has 0 aliphatic rings. The van der Waals surface area contributed by atoms with Crippen LogP contribution in [0.3, 0.4) is 0 Å². The largest absolute Gasteiger partial charge is 0.481 e. The van der Waals surface area contributed by atoms with Crippen LogP contribution in [0.25, 0.3) is 49.4 Å². The third-order valence-electron chi connectivity index (χ3n) is 7.55. The van der Waals surface area contributed by atoms with E-state index >= 15 is 0 Å². The zero-order valence-electron chi connectivity index (χ0n) is 21.3. The van der Waals surface area contributed by atoms with E-state index in [1.54, 1.807) is 0 Å². The molecule has 39 heavy (non-hydrogen) atoms. The molecule has 7 aromatic rings. The Kier molecular flexibility index (Phi) is 5.52. The van der Waals surface area contributed by atoms with Crippen LogP contribution in [0.5, 0.6) is 0 Å². The van der Waals surface area contributed by atoms with Crippen molar-refractivity contribution in [1.29, 1.82) is 0 Å². The molecule has 0 atom stereocenters. The lowest BCUT2D eigenvalue weighted by molar-refractivity contribution is -0.136. The molecule has 0 spiro atoms. The Bertz CT molecular complexity index is 1990. The van der Waals surface area contributed by atoms with Gasteiger partial charge < -0.3 is 14.2 Å². The number of nitrogens with zero attached hydrogens (tertiary/aromatic N) is 2. The van der Waals surface area contributed by atoms with Gasteiger partial charge in [-0.1, -0.05) is 72.8 Å². The molecule has 4 nitrogen and oxygen atoms in total. The van der Waals surface area contributed by atoms with E-state index < -0.39 is 5.97 Å². The average Bonchev–Trinajstić information content (AvgIpc) is 3.54. The Morgan fingerprint density at radius 3 is 2.23 bits per heavy atom. The Hall–Kier alpha value is -5.09. The maximum absolute atomic E-state index is 11.7. The summed E-state index contributed by atoms with van der Waals surface area (Å²) < 4.78 is 4.36. The molecular formula is C35H26N2O2. The molecule has 0 amide bonds. The van der Waals surface area contributed by atoms with Gasteiger partial charge in [0.2, 0.25) is 0 Å². The molecule has 0 unspecified atom stereocenters. The third kappa shape index (κ3) is 4.26. The van der Waals surface area contributed by atoms with Crippen LogP contribution in [-0.4, -0.2) is 20.2 Å². The quantitative estimate of drug-likeness (QED) is 0.248. The molecule has 0 radical (unpaired) electrons. The van der Waals surface area contributed by atoms with Gasteiger partial charge in [0.1, 0.15) is 0 Å². The molecule has 2 aromatic heterocycles. The number of carboxylic acid groups (broad SMARTS) is 1. The number of aromatic nitrogens is 2. The van der Waals surface area contributed by atoms with Crippen LogP contribution in [0.15, 0.2) is 128 Å². The van der Waals surface area contributed by atoms with E-state index in [0.29, 0.717) is 6.54 Å². The van der Waals surface area contributed by atoms with Gasteiger partial charge in [0.15, 0.2) is 0 Å². The summed E-state index contributed by atoms with van der Waals surface area (Å²) in [6.45, 7) is 0.680. The first-order valence-corrected chi connectivity index (χ1v) is 13.1. The first-order chi connectivity index (χ1) is 19.1. The number of hydrogen-bond acceptors (Lipinski definition) is 1. The summed E-state index contributed by atoms with van der Waals surface area (Å²) in [4.78, 5) is 11.7. The van der Waals surface area contributed by atoms with Crippen molar-refractivity contribution in [3.8, 4) is 16.8 Å². The minimum absolute atomic E-state index is 0.00961. The Balaban J connectivity index is 1.25. The topological polar surface area (TPSA) is 47.2 Å². The van der Waals surface area contributed by atoms with Gasteiger partial charge in [0.05, 0.1) is 11.9 Å². The molecule has 0 saturated heterocycles. The predicted molar refractivity (Wildman–Crippen MR) is 159 cm³/mol. The number of benzene rings is 5. The van der Waals surface area contributed by atoms with Crippen LogP contribution in [0.1, 0.15) is 11.1 Å². The number of hydrogen-bond donors (Lipinski definition) is 1. The summed E-state index contributed by atoms with van der Waals surface area (Å²) in [5.74, 6) is -0.825. The average molecular weight is 507 g/mol. The molecule has 0 aliphatic heterocycles. The number of para-hydroxylation sites is 1. The smallest absolute Gasteiger partial charge is 0.307 e. The number of rotatable bonds is 6. The summed E-state index contributed by atoms with van der Waals surface area (Å²) in [5, 5.41) is 14.2. The van der Waals surface area contributed by atoms with Crippen molar-refractivity contribution in [3.63, 3.8) is 0 Å². The minimum Gasteiger partial charge on any atom is -0.481 e. The molecule has 0 aliphatic carbocycles. The van der Waals surface area contributed by atoms with Gasteiger partial charge in [-0.2, -0.15) is 0 Å². The summed E-state index contributed by atoms with van der Waals surface area (Å²) in [7, 11) is 0. The van der Waals surface area contributed by atoms with Crippen molar-refractivity contribution in [3.05, 3.63) is 139 Å². The lowest BCUT2D eigenvalue weighted by atomic mass is 10.0. The van der Waals surface area contributed by atoms with Crippen molar-refractivity contribution in [2.24, 2.45) is 0 Å². The number of carboxylic acids is 1. The van der Waals surface area contributed by atoms with Gasteiger partial charge in [-0.25, -0.2) is 0 Å². The van der Waals surface area contributed by atoms with E-state index in [1.807, 2.05) is 12.3 Å². The van der Waals surface area contributed by atoms with E-state index in [0.717, 1.165) is 33.3 Å². The van der Waals surface area contributed by atoms with Crippen molar-refractivity contribution in [2.75, 3.05) is 0 Å². The fraction of sp³-hybridized carbons (Fsp3) is 0.0571. The van der Waals surface area contributed by atoms with Crippen LogP contribution >= 0.6 is 0 Å². The highest BCUT2D eigenvalue weighted by molar-refractivity contribution is 5.91. The fourth-order valence-corrected chi connectivity index (χ4v) is 5.64. The maximum Gasteiger partial charge on any atom is 0.307 e. The Labute approximate surface area is 226 Å². The standard InChI is InChI=1S/C35H26N2O2/c38-35(39)21-30-23-36(22-24-9-10-25-5-1-2-7-28(25)19-24)34-16-13-29(20-32(30)34)26-11-14-31(15-12-26)37-18-17-27-6-3-4-8-33(27)37/h1-20,23H,21-22H2,(H,38,39). The van der Waals surface area contributed by atoms with Gasteiger partial charge in [0, 0.05) is 35.5 Å². The lowest BCUT2D eigenvalue weighted by Gasteiger charge is -2.09. The highest BCUT2D eigenvalue weighted by Crippen LogP contribution is 2.31. The molecule has 0 bridgehead atoms. The monoisotopic (exact) mass is 506 g/mol. The molecule has 1 N–H and O–H groups in total. The van der Waals surface area contributed by atoms with Crippen LogP contribution in [0.4, 0.5) is 0 Å². The first kappa shape index (κ1) is 23.1. The molecule has 7 rings (SSSR count). The molecule has 2 heterocycles. The number of fused-ring (bicyclic) bond motifs is 3. The Morgan fingerprint density at radius 1 is 0.667 bits per heavy atom. The summed E-state index contributed by atoms with van der Waals surface area (Å²) >= 11 is 0. The summed E-state index contributed by atoms with van der Waals surface area (Å²) in [6.07, 6.45) is 4.09. The SMILES string of the molecule is O=C(O)Cc1cn(Cc2ccc3ccccc3c2)c2ccc(-c3ccc(-n4ccc5ccccc54)cc3)cc12. The molecular weight excluding hydrogens is 480 g/mol. The highest BCUT2D eigenvalue weighted by atomic mass is 16.4. The second-order valence-corrected chi connectivity index (χ2v) is 10.1. The zero-order valence-corrected chi connectivity index (χ0v) is 21.3. The van der Waals surface area contributed by atoms with Crippen LogP contribution in [0.2, 0.25) is 0 Å². The third-order valence-corrected chi connectivity index (χ3v) is 7.55. The van der Waals surface area contributed by atoms with Crippen LogP contribution in [-0.2, 0) is 17.8 Å². The molecule has 0 saturated carbocycles. The highest BCUT2D eigenvalue weighted by Gasteiger charge is 2.14. The zero-order chi connectivity index (χ0) is 26.3. The van der Waals surface area contributed by atoms with E-state index in [1.165, 1.54) is 27.2 Å². The van der Waals surface area contributed by atoms with Gasteiger partial charge in [-0.15, -0.1) is 0 Å². The molecule has 188 valence electrons. The van der Waals surface area contributed by atoms with Gasteiger partial charge in [0.25, 0.3) is 0 Å². The number of aliphatic carboxylic acids is 1. The lowest BCUT2D eigenvalue weighted by Crippen LogP contribution is -2.00. The maximum atomic E-state index is 11.7. The van der Waals surface area contributed by atoms with E-state index in [4.69, 9.17) is 0 Å². The summed E-state index contributed by atoms with van der Waals surface area (Å²) in [5.41, 5.74) is 7.51. The minimum atomic E-state index is -0.825. The first-order valence-electron chi connectivity index (χ1n) is 13.1. The van der Waals surface area contributed by atoms with Crippen LogP contribution in [0, 0.1) is 0 Å². The number of carbonyl (C=O) groups is 1. The van der Waals surface area contributed by atoms with Crippen molar-refractivity contribution in [1.82, 2.24) is 9.13 Å². The molecule has 5 aromatic carbocycles. The van der Waals surface area contributed by atoms with Gasteiger partial charge in [-0.05, 0) is 80.9 Å². The van der Waals surface area contributed by atoms with E-state index in [9.17, 15) is 9.90 Å².